The van der Waals surface area contributed by atoms with Gasteiger partial charge in [0.1, 0.15) is 5.75 Å². The minimum absolute atomic E-state index is 0.0932. The van der Waals surface area contributed by atoms with Crippen LogP contribution in [0, 0.1) is 0 Å². The molecule has 1 aromatic rings. The third-order valence-corrected chi connectivity index (χ3v) is 5.25. The lowest BCUT2D eigenvalue weighted by Crippen LogP contribution is -2.52. The van der Waals surface area contributed by atoms with Crippen molar-refractivity contribution in [1.29, 1.82) is 0 Å². The molecule has 0 unspecified atom stereocenters. The smallest absolute Gasteiger partial charge is 0.244 e. The number of benzene rings is 1. The molecule has 1 aliphatic heterocycles. The monoisotopic (exact) mass is 345 g/mol. The Morgan fingerprint density at radius 2 is 1.96 bits per heavy atom. The van der Waals surface area contributed by atoms with E-state index in [1.807, 2.05) is 6.07 Å². The molecule has 2 fully saturated rings. The molecule has 6 nitrogen and oxygen atoms in total. The molecule has 0 bridgehead atoms. The molecule has 136 valence electrons. The lowest BCUT2D eigenvalue weighted by atomic mass is 9.82. The van der Waals surface area contributed by atoms with Crippen LogP contribution in [0.2, 0.25) is 0 Å². The Bertz CT molecular complexity index is 653. The Morgan fingerprint density at radius 1 is 1.20 bits per heavy atom. The number of piperidine rings is 1. The molecule has 1 heterocycles. The van der Waals surface area contributed by atoms with Crippen LogP contribution in [0.25, 0.3) is 0 Å². The van der Waals surface area contributed by atoms with E-state index in [2.05, 4.69) is 5.32 Å². The van der Waals surface area contributed by atoms with Crippen LogP contribution in [0.5, 0.6) is 5.75 Å². The van der Waals surface area contributed by atoms with Gasteiger partial charge in [-0.1, -0.05) is 19.3 Å². The third kappa shape index (κ3) is 3.79. The first-order chi connectivity index (χ1) is 12.0. The number of nitrogens with zero attached hydrogens (tertiary/aromatic N) is 1. The number of nitrogens with two attached hydrogens (primary N) is 1. The largest absolute Gasteiger partial charge is 0.495 e. The molecule has 25 heavy (non-hydrogen) atoms. The number of hydrogen-bond acceptors (Lipinski definition) is 4. The van der Waals surface area contributed by atoms with Crippen molar-refractivity contribution in [2.75, 3.05) is 23.9 Å². The van der Waals surface area contributed by atoms with Crippen LogP contribution >= 0.6 is 0 Å². The van der Waals surface area contributed by atoms with Gasteiger partial charge in [-0.3, -0.25) is 9.59 Å². The fourth-order valence-electron chi connectivity index (χ4n) is 3.70. The summed E-state index contributed by atoms with van der Waals surface area (Å²) >= 11 is 0. The predicted octanol–water partition coefficient (Wildman–Crippen LogP) is 2.81. The van der Waals surface area contributed by atoms with Gasteiger partial charge in [-0.2, -0.15) is 0 Å². The van der Waals surface area contributed by atoms with Gasteiger partial charge in [-0.05, 0) is 43.9 Å². The molecular formula is C19H27N3O3. The van der Waals surface area contributed by atoms with Crippen molar-refractivity contribution in [3.05, 3.63) is 18.2 Å². The Hall–Kier alpha value is -2.08. The van der Waals surface area contributed by atoms with Crippen molar-refractivity contribution in [2.24, 2.45) is 5.73 Å². The highest BCUT2D eigenvalue weighted by molar-refractivity contribution is 6.00. The van der Waals surface area contributed by atoms with Crippen LogP contribution in [-0.2, 0) is 9.59 Å². The predicted molar refractivity (Wildman–Crippen MR) is 97.8 cm³/mol. The number of rotatable bonds is 4. The van der Waals surface area contributed by atoms with Crippen molar-refractivity contribution in [1.82, 2.24) is 0 Å². The van der Waals surface area contributed by atoms with Crippen LogP contribution in [0.3, 0.4) is 0 Å². The number of carbonyl (C=O) groups excluding carboxylic acids is 2. The van der Waals surface area contributed by atoms with E-state index in [0.717, 1.165) is 32.1 Å². The second-order valence-corrected chi connectivity index (χ2v) is 7.06. The number of ether oxygens (including phenoxy) is 1. The second kappa shape index (κ2) is 7.44. The van der Waals surface area contributed by atoms with E-state index in [1.165, 1.54) is 0 Å². The van der Waals surface area contributed by atoms with Gasteiger partial charge < -0.3 is 20.7 Å². The summed E-state index contributed by atoms with van der Waals surface area (Å²) in [5.41, 5.74) is 6.87. The summed E-state index contributed by atoms with van der Waals surface area (Å²) in [6.07, 6.45) is 6.97. The van der Waals surface area contributed by atoms with Crippen LogP contribution in [0.15, 0.2) is 18.2 Å². The van der Waals surface area contributed by atoms with Crippen LogP contribution in [0.4, 0.5) is 11.4 Å². The summed E-state index contributed by atoms with van der Waals surface area (Å²) in [4.78, 5) is 26.7. The first kappa shape index (κ1) is 17.7. The van der Waals surface area contributed by atoms with Crippen LogP contribution in [-0.4, -0.2) is 31.0 Å². The zero-order valence-corrected chi connectivity index (χ0v) is 14.8. The molecule has 0 atom stereocenters. The number of carbonyl (C=O) groups is 2. The van der Waals surface area contributed by atoms with Gasteiger partial charge in [-0.15, -0.1) is 0 Å². The summed E-state index contributed by atoms with van der Waals surface area (Å²) < 4.78 is 5.41. The number of hydrogen-bond donors (Lipinski definition) is 2. The summed E-state index contributed by atoms with van der Waals surface area (Å²) in [6, 6.07) is 5.39. The summed E-state index contributed by atoms with van der Waals surface area (Å²) in [6.45, 7) is 0.674. The molecule has 2 aliphatic rings. The maximum Gasteiger partial charge on any atom is 0.244 e. The van der Waals surface area contributed by atoms with E-state index < -0.39 is 5.54 Å². The summed E-state index contributed by atoms with van der Waals surface area (Å²) in [5.74, 6) is 0.581. The van der Waals surface area contributed by atoms with E-state index in [4.69, 9.17) is 10.5 Å². The fourth-order valence-corrected chi connectivity index (χ4v) is 3.70. The molecule has 0 radical (unpaired) electrons. The van der Waals surface area contributed by atoms with Crippen LogP contribution < -0.4 is 20.7 Å². The molecule has 1 aromatic carbocycles. The standard InChI is InChI=1S/C19H27N3O3/c1-25-16-9-8-14(13-15(16)22-12-6-3-7-17(22)23)21-18(24)19(20)10-4-2-5-11-19/h8-9,13H,2-7,10-12,20H2,1H3,(H,21,24). The normalized spacial score (nSPS) is 20.2. The van der Waals surface area contributed by atoms with Gasteiger partial charge in [0.15, 0.2) is 0 Å². The number of anilines is 2. The zero-order chi connectivity index (χ0) is 17.9. The van der Waals surface area contributed by atoms with Gasteiger partial charge in [0.25, 0.3) is 0 Å². The number of nitrogens with one attached hydrogen (secondary N) is 1. The average molecular weight is 345 g/mol. The topological polar surface area (TPSA) is 84.7 Å². The van der Waals surface area contributed by atoms with E-state index in [0.29, 0.717) is 42.9 Å². The maximum atomic E-state index is 12.6. The Labute approximate surface area is 148 Å². The van der Waals surface area contributed by atoms with E-state index in [-0.39, 0.29) is 11.8 Å². The third-order valence-electron chi connectivity index (χ3n) is 5.25. The first-order valence-electron chi connectivity index (χ1n) is 9.12. The molecule has 6 heteroatoms. The second-order valence-electron chi connectivity index (χ2n) is 7.06. The molecular weight excluding hydrogens is 318 g/mol. The Kier molecular flexibility index (Phi) is 5.27. The minimum atomic E-state index is -0.792. The molecule has 0 aromatic heterocycles. The summed E-state index contributed by atoms with van der Waals surface area (Å²) in [7, 11) is 1.59. The van der Waals surface area contributed by atoms with Crippen molar-refractivity contribution in [3.8, 4) is 5.75 Å². The van der Waals surface area contributed by atoms with Gasteiger partial charge >= 0.3 is 0 Å². The summed E-state index contributed by atoms with van der Waals surface area (Å²) in [5, 5.41) is 2.94. The van der Waals surface area contributed by atoms with Gasteiger partial charge in [0.05, 0.1) is 18.3 Å². The van der Waals surface area contributed by atoms with Gasteiger partial charge in [0.2, 0.25) is 11.8 Å². The molecule has 3 N–H and O–H groups in total. The Balaban J connectivity index is 1.81. The van der Waals surface area contributed by atoms with Crippen molar-refractivity contribution < 1.29 is 14.3 Å². The van der Waals surface area contributed by atoms with E-state index in [9.17, 15) is 9.59 Å². The first-order valence-corrected chi connectivity index (χ1v) is 9.12. The van der Waals surface area contributed by atoms with Crippen molar-refractivity contribution >= 4 is 23.2 Å². The number of amides is 2. The number of methoxy groups -OCH3 is 1. The molecule has 1 saturated carbocycles. The minimum Gasteiger partial charge on any atom is -0.495 e. The highest BCUT2D eigenvalue weighted by atomic mass is 16.5. The quantitative estimate of drug-likeness (QED) is 0.879. The highest BCUT2D eigenvalue weighted by Gasteiger charge is 2.35. The fraction of sp³-hybridized carbons (Fsp3) is 0.579. The van der Waals surface area contributed by atoms with Gasteiger partial charge in [0, 0.05) is 18.7 Å². The SMILES string of the molecule is COc1ccc(NC(=O)C2(N)CCCCC2)cc1N1CCCCC1=O. The Morgan fingerprint density at radius 3 is 2.64 bits per heavy atom. The van der Waals surface area contributed by atoms with Gasteiger partial charge in [-0.25, -0.2) is 0 Å². The van der Waals surface area contributed by atoms with Crippen molar-refractivity contribution in [2.45, 2.75) is 56.9 Å². The molecule has 3 rings (SSSR count). The molecule has 1 saturated heterocycles. The molecule has 2 amide bonds. The van der Waals surface area contributed by atoms with E-state index >= 15 is 0 Å². The highest BCUT2D eigenvalue weighted by Crippen LogP contribution is 2.34. The lowest BCUT2D eigenvalue weighted by molar-refractivity contribution is -0.122. The van der Waals surface area contributed by atoms with E-state index in [1.54, 1.807) is 24.1 Å². The van der Waals surface area contributed by atoms with Crippen LogP contribution in [0.1, 0.15) is 51.4 Å². The molecule has 1 aliphatic carbocycles. The zero-order valence-electron chi connectivity index (χ0n) is 14.8. The molecule has 0 spiro atoms. The maximum absolute atomic E-state index is 12.6. The average Bonchev–Trinajstić information content (AvgIpc) is 2.62. The lowest BCUT2D eigenvalue weighted by Gasteiger charge is -2.32. The van der Waals surface area contributed by atoms with Crippen molar-refractivity contribution in [3.63, 3.8) is 0 Å².